The van der Waals surface area contributed by atoms with Gasteiger partial charge in [0.15, 0.2) is 0 Å². The Morgan fingerprint density at radius 2 is 1.65 bits per heavy atom. The van der Waals surface area contributed by atoms with E-state index in [2.05, 4.69) is 5.32 Å². The topological polar surface area (TPSA) is 55.1 Å². The molecule has 2 aromatic rings. The van der Waals surface area contributed by atoms with E-state index in [1.165, 1.54) is 6.07 Å². The second-order valence-electron chi connectivity index (χ2n) is 4.28. The molecule has 2 aromatic carbocycles. The maximum Gasteiger partial charge on any atom is 0.233 e. The zero-order valence-electron chi connectivity index (χ0n) is 10.6. The quantitative estimate of drug-likeness (QED) is 0.902. The summed E-state index contributed by atoms with van der Waals surface area (Å²) in [5, 5.41) is 2.26. The van der Waals surface area contributed by atoms with Gasteiger partial charge in [0.1, 0.15) is 17.3 Å². The highest BCUT2D eigenvalue weighted by molar-refractivity contribution is 5.96. The molecule has 20 heavy (non-hydrogen) atoms. The number of para-hydroxylation sites is 1. The number of nitrogens with two attached hydrogens (primary N) is 1. The maximum atomic E-state index is 13.5. The van der Waals surface area contributed by atoms with Crippen LogP contribution in [0, 0.1) is 11.6 Å². The Morgan fingerprint density at radius 3 is 2.20 bits per heavy atom. The molecule has 0 radical (unpaired) electrons. The highest BCUT2D eigenvalue weighted by atomic mass is 19.1. The van der Waals surface area contributed by atoms with Gasteiger partial charge in [-0.3, -0.25) is 4.79 Å². The van der Waals surface area contributed by atoms with E-state index >= 15 is 0 Å². The van der Waals surface area contributed by atoms with Crippen LogP contribution in [0.5, 0.6) is 0 Å². The van der Waals surface area contributed by atoms with Crippen molar-refractivity contribution >= 4 is 11.6 Å². The molecule has 0 fully saturated rings. The normalized spacial score (nSPS) is 11.9. The van der Waals surface area contributed by atoms with Crippen molar-refractivity contribution in [3.8, 4) is 0 Å². The summed E-state index contributed by atoms with van der Waals surface area (Å²) in [5.41, 5.74) is 5.83. The van der Waals surface area contributed by atoms with E-state index in [0.717, 1.165) is 12.1 Å². The van der Waals surface area contributed by atoms with Crippen LogP contribution in [0.2, 0.25) is 0 Å². The standard InChI is InChI=1S/C15H14F2N2O/c16-12-7-4-8-13(17)14(12)19-15(20)11(9-18)10-5-2-1-3-6-10/h1-8,11H,9,18H2,(H,19,20). The molecule has 0 aliphatic heterocycles. The third-order valence-corrected chi connectivity index (χ3v) is 2.97. The van der Waals surface area contributed by atoms with Gasteiger partial charge < -0.3 is 11.1 Å². The molecule has 0 aliphatic rings. The fourth-order valence-electron chi connectivity index (χ4n) is 1.91. The molecule has 0 saturated heterocycles. The summed E-state index contributed by atoms with van der Waals surface area (Å²) < 4.78 is 27.0. The molecule has 0 bridgehead atoms. The van der Waals surface area contributed by atoms with Gasteiger partial charge in [-0.15, -0.1) is 0 Å². The van der Waals surface area contributed by atoms with Gasteiger partial charge in [-0.1, -0.05) is 36.4 Å². The molecule has 5 heteroatoms. The zero-order chi connectivity index (χ0) is 14.5. The van der Waals surface area contributed by atoms with E-state index in [9.17, 15) is 13.6 Å². The number of carbonyl (C=O) groups is 1. The van der Waals surface area contributed by atoms with Gasteiger partial charge in [0.05, 0.1) is 5.92 Å². The van der Waals surface area contributed by atoms with Crippen LogP contribution in [0.4, 0.5) is 14.5 Å². The van der Waals surface area contributed by atoms with E-state index < -0.39 is 29.1 Å². The van der Waals surface area contributed by atoms with Crippen molar-refractivity contribution in [2.45, 2.75) is 5.92 Å². The first-order chi connectivity index (χ1) is 9.63. The SMILES string of the molecule is NCC(C(=O)Nc1c(F)cccc1F)c1ccccc1. The summed E-state index contributed by atoms with van der Waals surface area (Å²) in [6.45, 7) is 0.0475. The molecule has 0 heterocycles. The number of nitrogens with one attached hydrogen (secondary N) is 1. The molecule has 2 rings (SSSR count). The predicted molar refractivity (Wildman–Crippen MR) is 73.2 cm³/mol. The summed E-state index contributed by atoms with van der Waals surface area (Å²) in [5.74, 6) is -2.83. The lowest BCUT2D eigenvalue weighted by atomic mass is 9.98. The number of hydrogen-bond donors (Lipinski definition) is 2. The van der Waals surface area contributed by atoms with E-state index in [1.807, 2.05) is 6.07 Å². The van der Waals surface area contributed by atoms with Crippen molar-refractivity contribution < 1.29 is 13.6 Å². The van der Waals surface area contributed by atoms with Gasteiger partial charge in [-0.2, -0.15) is 0 Å². The Morgan fingerprint density at radius 1 is 1.05 bits per heavy atom. The summed E-state index contributed by atoms with van der Waals surface area (Å²) in [7, 11) is 0. The van der Waals surface area contributed by atoms with Crippen molar-refractivity contribution in [2.75, 3.05) is 11.9 Å². The molecule has 1 atom stereocenters. The zero-order valence-corrected chi connectivity index (χ0v) is 10.6. The summed E-state index contributed by atoms with van der Waals surface area (Å²) in [6, 6.07) is 12.2. The van der Waals surface area contributed by atoms with Crippen molar-refractivity contribution in [3.05, 3.63) is 65.7 Å². The van der Waals surface area contributed by atoms with Crippen LogP contribution in [-0.2, 0) is 4.79 Å². The van der Waals surface area contributed by atoms with Crippen molar-refractivity contribution in [2.24, 2.45) is 5.73 Å². The van der Waals surface area contributed by atoms with Gasteiger partial charge in [0.2, 0.25) is 5.91 Å². The summed E-state index contributed by atoms with van der Waals surface area (Å²) in [4.78, 5) is 12.1. The largest absolute Gasteiger partial charge is 0.329 e. The van der Waals surface area contributed by atoms with Crippen LogP contribution in [0.15, 0.2) is 48.5 Å². The molecule has 104 valence electrons. The van der Waals surface area contributed by atoms with Crippen molar-refractivity contribution in [3.63, 3.8) is 0 Å². The molecular formula is C15H14F2N2O. The van der Waals surface area contributed by atoms with Gasteiger partial charge in [0, 0.05) is 6.54 Å². The minimum atomic E-state index is -0.817. The average molecular weight is 276 g/mol. The Kier molecular flexibility index (Phi) is 4.42. The molecule has 0 spiro atoms. The highest BCUT2D eigenvalue weighted by Gasteiger charge is 2.21. The second-order valence-corrected chi connectivity index (χ2v) is 4.28. The number of rotatable bonds is 4. The number of carbonyl (C=O) groups excluding carboxylic acids is 1. The number of halogens is 2. The molecular weight excluding hydrogens is 262 g/mol. The van der Waals surface area contributed by atoms with E-state index in [4.69, 9.17) is 5.73 Å². The first-order valence-corrected chi connectivity index (χ1v) is 6.13. The maximum absolute atomic E-state index is 13.5. The third-order valence-electron chi connectivity index (χ3n) is 2.97. The van der Waals surface area contributed by atoms with Gasteiger partial charge in [-0.05, 0) is 17.7 Å². The van der Waals surface area contributed by atoms with E-state index in [1.54, 1.807) is 24.3 Å². The van der Waals surface area contributed by atoms with Crippen LogP contribution in [-0.4, -0.2) is 12.5 Å². The minimum Gasteiger partial charge on any atom is -0.329 e. The molecule has 0 aromatic heterocycles. The lowest BCUT2D eigenvalue weighted by Crippen LogP contribution is -2.28. The summed E-state index contributed by atoms with van der Waals surface area (Å²) >= 11 is 0. The minimum absolute atomic E-state index is 0.0475. The monoisotopic (exact) mass is 276 g/mol. The lowest BCUT2D eigenvalue weighted by Gasteiger charge is -2.16. The smallest absolute Gasteiger partial charge is 0.233 e. The fraction of sp³-hybridized carbons (Fsp3) is 0.133. The molecule has 1 amide bonds. The number of amides is 1. The molecule has 1 unspecified atom stereocenters. The van der Waals surface area contributed by atoms with Crippen LogP contribution in [0.25, 0.3) is 0 Å². The Bertz CT molecular complexity index is 582. The Balaban J connectivity index is 2.23. The third kappa shape index (κ3) is 3.00. The van der Waals surface area contributed by atoms with E-state index in [0.29, 0.717) is 5.56 Å². The number of benzene rings is 2. The molecule has 0 aliphatic carbocycles. The highest BCUT2D eigenvalue weighted by Crippen LogP contribution is 2.21. The Hall–Kier alpha value is -2.27. The molecule has 0 saturated carbocycles. The Labute approximate surface area is 115 Å². The fourth-order valence-corrected chi connectivity index (χ4v) is 1.91. The van der Waals surface area contributed by atoms with Crippen molar-refractivity contribution in [1.29, 1.82) is 0 Å². The number of anilines is 1. The van der Waals surface area contributed by atoms with Crippen LogP contribution in [0.3, 0.4) is 0 Å². The summed E-state index contributed by atoms with van der Waals surface area (Å²) in [6.07, 6.45) is 0. The average Bonchev–Trinajstić information content (AvgIpc) is 2.45. The first kappa shape index (κ1) is 14.1. The van der Waals surface area contributed by atoms with Gasteiger partial charge in [-0.25, -0.2) is 8.78 Å². The predicted octanol–water partition coefficient (Wildman–Crippen LogP) is 2.65. The van der Waals surface area contributed by atoms with Crippen LogP contribution < -0.4 is 11.1 Å². The van der Waals surface area contributed by atoms with E-state index in [-0.39, 0.29) is 6.54 Å². The van der Waals surface area contributed by atoms with Crippen molar-refractivity contribution in [1.82, 2.24) is 0 Å². The lowest BCUT2D eigenvalue weighted by molar-refractivity contribution is -0.117. The first-order valence-electron chi connectivity index (χ1n) is 6.13. The van der Waals surface area contributed by atoms with Gasteiger partial charge >= 0.3 is 0 Å². The second kappa shape index (κ2) is 6.25. The number of hydrogen-bond acceptors (Lipinski definition) is 2. The molecule has 3 N–H and O–H groups in total. The van der Waals surface area contributed by atoms with Gasteiger partial charge in [0.25, 0.3) is 0 Å². The molecule has 3 nitrogen and oxygen atoms in total. The van der Waals surface area contributed by atoms with Crippen LogP contribution in [0.1, 0.15) is 11.5 Å². The van der Waals surface area contributed by atoms with Crippen LogP contribution >= 0.6 is 0 Å².